The maximum atomic E-state index is 12.1. The lowest BCUT2D eigenvalue weighted by atomic mass is 10.1. The molecule has 0 fully saturated rings. The number of pyridine rings is 1. The number of anilines is 2. The van der Waals surface area contributed by atoms with Crippen LogP contribution >= 0.6 is 0 Å². The number of fused-ring (bicyclic) bond motifs is 1. The number of hydrogen-bond acceptors (Lipinski definition) is 3. The summed E-state index contributed by atoms with van der Waals surface area (Å²) in [5.74, 6) is 1.02. The summed E-state index contributed by atoms with van der Waals surface area (Å²) in [6.07, 6.45) is 1.77. The highest BCUT2D eigenvalue weighted by atomic mass is 16.2. The second-order valence-corrected chi connectivity index (χ2v) is 4.42. The second kappa shape index (κ2) is 3.77. The number of likely N-dealkylation sites (N-methyl/N-ethyl adjacent to an activating group) is 1. The van der Waals surface area contributed by atoms with E-state index in [0.717, 1.165) is 11.5 Å². The third-order valence-corrected chi connectivity index (χ3v) is 3.03. The van der Waals surface area contributed by atoms with Crippen LogP contribution in [-0.2, 0) is 4.79 Å². The zero-order valence-electron chi connectivity index (χ0n) is 10.1. The van der Waals surface area contributed by atoms with Crippen LogP contribution in [-0.4, -0.2) is 30.0 Å². The van der Waals surface area contributed by atoms with Crippen molar-refractivity contribution in [3.63, 3.8) is 0 Å². The minimum absolute atomic E-state index is 0.120. The summed E-state index contributed by atoms with van der Waals surface area (Å²) in [6.45, 7) is 6.08. The summed E-state index contributed by atoms with van der Waals surface area (Å²) in [6, 6.07) is 3.91. The van der Waals surface area contributed by atoms with Crippen LogP contribution in [0.3, 0.4) is 0 Å². The molecule has 1 aliphatic rings. The Kier molecular flexibility index (Phi) is 2.58. The van der Waals surface area contributed by atoms with Crippen molar-refractivity contribution in [2.75, 3.05) is 16.8 Å². The average Bonchev–Trinajstić information content (AvgIpc) is 2.26. The lowest BCUT2D eigenvalue weighted by Gasteiger charge is -2.41. The highest BCUT2D eigenvalue weighted by molar-refractivity contribution is 6.04. The Morgan fingerprint density at radius 3 is 2.75 bits per heavy atom. The summed E-state index contributed by atoms with van der Waals surface area (Å²) in [5.41, 5.74) is 0.888. The van der Waals surface area contributed by atoms with E-state index < -0.39 is 0 Å². The summed E-state index contributed by atoms with van der Waals surface area (Å²) < 4.78 is 0. The molecule has 0 aromatic carbocycles. The Labute approximate surface area is 95.9 Å². The molecule has 16 heavy (non-hydrogen) atoms. The number of amides is 1. The average molecular weight is 219 g/mol. The number of hydrogen-bond donors (Lipinski definition) is 0. The van der Waals surface area contributed by atoms with Crippen LogP contribution in [0.2, 0.25) is 0 Å². The smallest absolute Gasteiger partial charge is 0.249 e. The molecule has 1 aromatic rings. The van der Waals surface area contributed by atoms with Gasteiger partial charge in [-0.2, -0.15) is 0 Å². The van der Waals surface area contributed by atoms with Gasteiger partial charge in [-0.15, -0.1) is 0 Å². The first-order chi connectivity index (χ1) is 7.54. The Morgan fingerprint density at radius 1 is 1.44 bits per heavy atom. The molecule has 0 radical (unpaired) electrons. The molecule has 0 saturated heterocycles. The van der Waals surface area contributed by atoms with Gasteiger partial charge in [-0.1, -0.05) is 0 Å². The van der Waals surface area contributed by atoms with Gasteiger partial charge < -0.3 is 9.80 Å². The van der Waals surface area contributed by atoms with E-state index in [1.54, 1.807) is 18.1 Å². The van der Waals surface area contributed by atoms with Crippen molar-refractivity contribution in [3.8, 4) is 0 Å². The van der Waals surface area contributed by atoms with E-state index in [1.807, 2.05) is 19.1 Å². The number of nitrogens with zero attached hydrogens (tertiary/aromatic N) is 3. The lowest BCUT2D eigenvalue weighted by molar-refractivity contribution is -0.119. The van der Waals surface area contributed by atoms with E-state index in [2.05, 4.69) is 23.7 Å². The standard InChI is InChI=1S/C12H17N3O/c1-8(2)15-9(3)12(16)14(4)10-6-5-7-13-11(10)15/h5-9H,1-4H3. The molecule has 0 bridgehead atoms. The van der Waals surface area contributed by atoms with Gasteiger partial charge in [0.2, 0.25) is 5.91 Å². The van der Waals surface area contributed by atoms with Gasteiger partial charge in [0.25, 0.3) is 0 Å². The van der Waals surface area contributed by atoms with Crippen LogP contribution < -0.4 is 9.80 Å². The number of aromatic nitrogens is 1. The first-order valence-corrected chi connectivity index (χ1v) is 5.55. The van der Waals surface area contributed by atoms with Gasteiger partial charge in [0.15, 0.2) is 5.82 Å². The molecule has 2 rings (SSSR count). The van der Waals surface area contributed by atoms with Gasteiger partial charge >= 0.3 is 0 Å². The van der Waals surface area contributed by atoms with Gasteiger partial charge in [-0.3, -0.25) is 4.79 Å². The molecule has 86 valence electrons. The molecule has 4 nitrogen and oxygen atoms in total. The monoisotopic (exact) mass is 219 g/mol. The van der Waals surface area contributed by atoms with Crippen molar-refractivity contribution < 1.29 is 4.79 Å². The van der Waals surface area contributed by atoms with E-state index in [-0.39, 0.29) is 18.0 Å². The van der Waals surface area contributed by atoms with Gasteiger partial charge in [0, 0.05) is 19.3 Å². The molecule has 1 amide bonds. The van der Waals surface area contributed by atoms with Crippen LogP contribution in [0.5, 0.6) is 0 Å². The molecule has 1 unspecified atom stereocenters. The predicted octanol–water partition coefficient (Wildman–Crippen LogP) is 1.66. The molecule has 0 N–H and O–H groups in total. The highest BCUT2D eigenvalue weighted by Gasteiger charge is 2.35. The fourth-order valence-electron chi connectivity index (χ4n) is 2.24. The maximum Gasteiger partial charge on any atom is 0.249 e. The van der Waals surface area contributed by atoms with Crippen molar-refractivity contribution in [2.24, 2.45) is 0 Å². The third kappa shape index (κ3) is 1.45. The first-order valence-electron chi connectivity index (χ1n) is 5.55. The van der Waals surface area contributed by atoms with Crippen LogP contribution in [0.1, 0.15) is 20.8 Å². The maximum absolute atomic E-state index is 12.1. The quantitative estimate of drug-likeness (QED) is 0.720. The zero-order chi connectivity index (χ0) is 11.9. The summed E-state index contributed by atoms with van der Waals surface area (Å²) in [4.78, 5) is 20.2. The number of rotatable bonds is 1. The van der Waals surface area contributed by atoms with Crippen LogP contribution in [0.25, 0.3) is 0 Å². The molecule has 4 heteroatoms. The molecule has 1 aromatic heterocycles. The Bertz CT molecular complexity index is 416. The summed E-state index contributed by atoms with van der Waals surface area (Å²) in [7, 11) is 1.80. The normalized spacial score (nSPS) is 20.3. The van der Waals surface area contributed by atoms with E-state index in [4.69, 9.17) is 0 Å². The molecule has 0 aliphatic carbocycles. The largest absolute Gasteiger partial charge is 0.341 e. The summed E-state index contributed by atoms with van der Waals surface area (Å²) >= 11 is 0. The van der Waals surface area contributed by atoms with Crippen molar-refractivity contribution in [1.29, 1.82) is 0 Å². The number of carbonyl (C=O) groups excluding carboxylic acids is 1. The van der Waals surface area contributed by atoms with E-state index in [9.17, 15) is 4.79 Å². The Morgan fingerprint density at radius 2 is 2.12 bits per heavy atom. The third-order valence-electron chi connectivity index (χ3n) is 3.03. The van der Waals surface area contributed by atoms with E-state index in [1.165, 1.54) is 0 Å². The minimum Gasteiger partial charge on any atom is -0.341 e. The molecular weight excluding hydrogens is 202 g/mol. The van der Waals surface area contributed by atoms with Crippen molar-refractivity contribution in [3.05, 3.63) is 18.3 Å². The van der Waals surface area contributed by atoms with Crippen molar-refractivity contribution >= 4 is 17.4 Å². The molecule has 0 saturated carbocycles. The van der Waals surface area contributed by atoms with Gasteiger partial charge in [0.05, 0.1) is 5.69 Å². The predicted molar refractivity (Wildman–Crippen MR) is 64.7 cm³/mol. The van der Waals surface area contributed by atoms with Gasteiger partial charge in [-0.05, 0) is 32.9 Å². The molecule has 0 spiro atoms. The summed E-state index contributed by atoms with van der Waals surface area (Å²) in [5, 5.41) is 0. The van der Waals surface area contributed by atoms with E-state index in [0.29, 0.717) is 0 Å². The SMILES string of the molecule is CC(C)N1c2ncccc2N(C)C(=O)C1C. The van der Waals surface area contributed by atoms with Gasteiger partial charge in [-0.25, -0.2) is 4.98 Å². The van der Waals surface area contributed by atoms with Crippen LogP contribution in [0.4, 0.5) is 11.5 Å². The highest BCUT2D eigenvalue weighted by Crippen LogP contribution is 2.33. The Hall–Kier alpha value is -1.58. The second-order valence-electron chi connectivity index (χ2n) is 4.42. The fourth-order valence-corrected chi connectivity index (χ4v) is 2.24. The lowest BCUT2D eigenvalue weighted by Crippen LogP contribution is -2.53. The minimum atomic E-state index is -0.146. The van der Waals surface area contributed by atoms with Crippen molar-refractivity contribution in [1.82, 2.24) is 4.98 Å². The Balaban J connectivity index is 2.56. The molecular formula is C12H17N3O. The van der Waals surface area contributed by atoms with Crippen molar-refractivity contribution in [2.45, 2.75) is 32.9 Å². The number of carbonyl (C=O) groups is 1. The first kappa shape index (κ1) is 10.9. The van der Waals surface area contributed by atoms with Crippen LogP contribution in [0, 0.1) is 0 Å². The molecule has 1 atom stereocenters. The molecule has 2 heterocycles. The topological polar surface area (TPSA) is 36.4 Å². The zero-order valence-corrected chi connectivity index (χ0v) is 10.1. The van der Waals surface area contributed by atoms with Crippen LogP contribution in [0.15, 0.2) is 18.3 Å². The fraction of sp³-hybridized carbons (Fsp3) is 0.500. The molecule has 1 aliphatic heterocycles. The van der Waals surface area contributed by atoms with Gasteiger partial charge in [0.1, 0.15) is 6.04 Å². The van der Waals surface area contributed by atoms with E-state index >= 15 is 0 Å².